The Labute approximate surface area is 101 Å². The second-order valence-corrected chi connectivity index (χ2v) is 4.58. The van der Waals surface area contributed by atoms with E-state index < -0.39 is 0 Å². The molecule has 1 N–H and O–H groups in total. The lowest BCUT2D eigenvalue weighted by atomic mass is 10.2. The van der Waals surface area contributed by atoms with Crippen molar-refractivity contribution < 1.29 is 14.0 Å². The van der Waals surface area contributed by atoms with Crippen LogP contribution in [0.15, 0.2) is 16.5 Å². The first-order chi connectivity index (χ1) is 8.20. The summed E-state index contributed by atoms with van der Waals surface area (Å²) >= 11 is 0. The van der Waals surface area contributed by atoms with E-state index in [0.29, 0.717) is 25.4 Å². The molecule has 2 rings (SSSR count). The highest BCUT2D eigenvalue weighted by Crippen LogP contribution is 2.47. The van der Waals surface area contributed by atoms with Crippen LogP contribution in [-0.2, 0) is 16.1 Å². The first kappa shape index (κ1) is 12.2. The average Bonchev–Trinajstić information content (AvgIpc) is 2.88. The molecule has 4 heteroatoms. The van der Waals surface area contributed by atoms with Crippen molar-refractivity contribution in [2.24, 2.45) is 5.92 Å². The molecule has 0 radical (unpaired) electrons. The fraction of sp³-hybridized carbons (Fsp3) is 0.615. The molecule has 0 bridgehead atoms. The number of hydrogen-bond donors (Lipinski definition) is 1. The third-order valence-electron chi connectivity index (χ3n) is 3.09. The maximum Gasteiger partial charge on any atom is 0.243 e. The quantitative estimate of drug-likeness (QED) is 0.773. The summed E-state index contributed by atoms with van der Waals surface area (Å²) in [6.45, 7) is 4.54. The lowest BCUT2D eigenvalue weighted by Gasteiger charge is -2.02. The molecule has 1 aliphatic rings. The van der Waals surface area contributed by atoms with Crippen molar-refractivity contribution in [1.29, 1.82) is 0 Å². The Morgan fingerprint density at radius 1 is 1.59 bits per heavy atom. The number of hydroxylamine groups is 1. The number of hydrogen-bond acceptors (Lipinski definition) is 3. The van der Waals surface area contributed by atoms with Crippen LogP contribution in [0.5, 0.6) is 0 Å². The van der Waals surface area contributed by atoms with E-state index in [2.05, 4.69) is 12.4 Å². The van der Waals surface area contributed by atoms with Crippen molar-refractivity contribution in [3.05, 3.63) is 23.7 Å². The van der Waals surface area contributed by atoms with Gasteiger partial charge < -0.3 is 4.42 Å². The minimum atomic E-state index is -0.107. The van der Waals surface area contributed by atoms with Crippen LogP contribution in [0.4, 0.5) is 0 Å². The minimum Gasteiger partial charge on any atom is -0.466 e. The molecule has 1 aromatic heterocycles. The van der Waals surface area contributed by atoms with Crippen LogP contribution in [0.25, 0.3) is 0 Å². The number of rotatable bonds is 6. The molecule has 17 heavy (non-hydrogen) atoms. The Balaban J connectivity index is 1.75. The van der Waals surface area contributed by atoms with Crippen LogP contribution in [-0.4, -0.2) is 12.5 Å². The summed E-state index contributed by atoms with van der Waals surface area (Å²) in [5.74, 6) is 3.18. The van der Waals surface area contributed by atoms with Crippen molar-refractivity contribution in [2.45, 2.75) is 39.0 Å². The van der Waals surface area contributed by atoms with Crippen LogP contribution in [0, 0.1) is 5.92 Å². The largest absolute Gasteiger partial charge is 0.466 e. The number of amides is 1. The molecule has 2 atom stereocenters. The molecule has 0 unspecified atom stereocenters. The van der Waals surface area contributed by atoms with E-state index in [9.17, 15) is 4.79 Å². The lowest BCUT2D eigenvalue weighted by Crippen LogP contribution is -2.23. The molecule has 1 heterocycles. The summed E-state index contributed by atoms with van der Waals surface area (Å²) in [6.07, 6.45) is 2.24. The lowest BCUT2D eigenvalue weighted by molar-refractivity contribution is -0.133. The zero-order chi connectivity index (χ0) is 12.3. The van der Waals surface area contributed by atoms with Gasteiger partial charge in [0.1, 0.15) is 11.5 Å². The van der Waals surface area contributed by atoms with E-state index in [1.54, 1.807) is 0 Å². The van der Waals surface area contributed by atoms with Crippen molar-refractivity contribution in [2.75, 3.05) is 6.61 Å². The minimum absolute atomic E-state index is 0.107. The Morgan fingerprint density at radius 2 is 2.35 bits per heavy atom. The van der Waals surface area contributed by atoms with Gasteiger partial charge in [0.25, 0.3) is 0 Å². The number of furan rings is 1. The third kappa shape index (κ3) is 3.33. The SMILES string of the molecule is CCONC(=O)CCc1ccc([C@H]2C[C@@H]2C)o1. The van der Waals surface area contributed by atoms with Gasteiger partial charge in [-0.15, -0.1) is 0 Å². The summed E-state index contributed by atoms with van der Waals surface area (Å²) in [4.78, 5) is 16.1. The summed E-state index contributed by atoms with van der Waals surface area (Å²) in [5, 5.41) is 0. The molecular weight excluding hydrogens is 218 g/mol. The van der Waals surface area contributed by atoms with Crippen molar-refractivity contribution in [1.82, 2.24) is 5.48 Å². The molecule has 0 spiro atoms. The van der Waals surface area contributed by atoms with Gasteiger partial charge in [-0.25, -0.2) is 5.48 Å². The molecule has 0 aliphatic heterocycles. The highest BCUT2D eigenvalue weighted by atomic mass is 16.6. The molecular formula is C13H19NO3. The van der Waals surface area contributed by atoms with E-state index in [1.807, 2.05) is 19.1 Å². The van der Waals surface area contributed by atoms with E-state index in [1.165, 1.54) is 6.42 Å². The molecule has 0 saturated heterocycles. The van der Waals surface area contributed by atoms with Crippen molar-refractivity contribution in [3.63, 3.8) is 0 Å². The van der Waals surface area contributed by atoms with E-state index in [0.717, 1.165) is 17.4 Å². The maximum atomic E-state index is 11.3. The van der Waals surface area contributed by atoms with Gasteiger partial charge in [-0.2, -0.15) is 0 Å². The predicted octanol–water partition coefficient (Wildman–Crippen LogP) is 2.40. The molecule has 1 saturated carbocycles. The topological polar surface area (TPSA) is 51.5 Å². The number of carbonyl (C=O) groups excluding carboxylic acids is 1. The van der Waals surface area contributed by atoms with E-state index in [4.69, 9.17) is 9.25 Å². The second kappa shape index (κ2) is 5.36. The Bertz CT molecular complexity index is 386. The summed E-state index contributed by atoms with van der Waals surface area (Å²) < 4.78 is 5.71. The average molecular weight is 237 g/mol. The van der Waals surface area contributed by atoms with Gasteiger partial charge in [-0.1, -0.05) is 6.92 Å². The highest BCUT2D eigenvalue weighted by molar-refractivity contribution is 5.74. The molecule has 1 aliphatic carbocycles. The van der Waals surface area contributed by atoms with Gasteiger partial charge in [0.05, 0.1) is 6.61 Å². The van der Waals surface area contributed by atoms with Gasteiger partial charge in [-0.05, 0) is 31.4 Å². The number of aryl methyl sites for hydroxylation is 1. The smallest absolute Gasteiger partial charge is 0.243 e. The van der Waals surface area contributed by atoms with Crippen molar-refractivity contribution >= 4 is 5.91 Å². The van der Waals surface area contributed by atoms with Gasteiger partial charge in [0.2, 0.25) is 5.91 Å². The third-order valence-corrected chi connectivity index (χ3v) is 3.09. The molecule has 4 nitrogen and oxygen atoms in total. The normalized spacial score (nSPS) is 22.5. The maximum absolute atomic E-state index is 11.3. The van der Waals surface area contributed by atoms with Crippen LogP contribution in [0.3, 0.4) is 0 Å². The summed E-state index contributed by atoms with van der Waals surface area (Å²) in [5.41, 5.74) is 2.37. The van der Waals surface area contributed by atoms with Gasteiger partial charge in [0, 0.05) is 18.8 Å². The van der Waals surface area contributed by atoms with Crippen molar-refractivity contribution in [3.8, 4) is 0 Å². The molecule has 1 fully saturated rings. The summed E-state index contributed by atoms with van der Waals surface area (Å²) in [6, 6.07) is 4.00. The molecule has 1 amide bonds. The zero-order valence-electron chi connectivity index (χ0n) is 10.4. The molecule has 1 aromatic rings. The Morgan fingerprint density at radius 3 is 3.00 bits per heavy atom. The van der Waals surface area contributed by atoms with E-state index >= 15 is 0 Å². The summed E-state index contributed by atoms with van der Waals surface area (Å²) in [7, 11) is 0. The Hall–Kier alpha value is -1.29. The fourth-order valence-electron chi connectivity index (χ4n) is 1.89. The Kier molecular flexibility index (Phi) is 3.84. The second-order valence-electron chi connectivity index (χ2n) is 4.58. The molecule has 0 aromatic carbocycles. The standard InChI is InChI=1S/C13H19NO3/c1-3-16-14-13(15)7-5-10-4-6-12(17-10)11-8-9(11)2/h4,6,9,11H,3,5,7-8H2,1-2H3,(H,14,15)/t9-,11-/m0/s1. The monoisotopic (exact) mass is 237 g/mol. The fourth-order valence-corrected chi connectivity index (χ4v) is 1.89. The van der Waals surface area contributed by atoms with Gasteiger partial charge >= 0.3 is 0 Å². The highest BCUT2D eigenvalue weighted by Gasteiger charge is 2.36. The first-order valence-electron chi connectivity index (χ1n) is 6.20. The predicted molar refractivity (Wildman–Crippen MR) is 63.3 cm³/mol. The molecule has 94 valence electrons. The van der Waals surface area contributed by atoms with Gasteiger partial charge in [0.15, 0.2) is 0 Å². The first-order valence-corrected chi connectivity index (χ1v) is 6.20. The zero-order valence-corrected chi connectivity index (χ0v) is 10.4. The number of carbonyl (C=O) groups is 1. The van der Waals surface area contributed by atoms with Crippen LogP contribution < -0.4 is 5.48 Å². The van der Waals surface area contributed by atoms with E-state index in [-0.39, 0.29) is 5.91 Å². The van der Waals surface area contributed by atoms with Crippen LogP contribution in [0.2, 0.25) is 0 Å². The van der Waals surface area contributed by atoms with Gasteiger partial charge in [-0.3, -0.25) is 9.63 Å². The van der Waals surface area contributed by atoms with Crippen LogP contribution in [0.1, 0.15) is 44.1 Å². The number of nitrogens with one attached hydrogen (secondary N) is 1. The van der Waals surface area contributed by atoms with Crippen LogP contribution >= 0.6 is 0 Å².